The van der Waals surface area contributed by atoms with E-state index in [2.05, 4.69) is 10.5 Å². The molecule has 0 saturated carbocycles. The Morgan fingerprint density at radius 2 is 2.11 bits per heavy atom. The van der Waals surface area contributed by atoms with Gasteiger partial charge < -0.3 is 15.8 Å². The summed E-state index contributed by atoms with van der Waals surface area (Å²) in [4.78, 5) is 11.2. The van der Waals surface area contributed by atoms with Crippen molar-refractivity contribution in [1.82, 2.24) is 5.32 Å². The molecule has 8 heteroatoms. The highest BCUT2D eigenvalue weighted by molar-refractivity contribution is 6.00. The van der Waals surface area contributed by atoms with Crippen LogP contribution in [0.15, 0.2) is 29.4 Å². The normalized spacial score (nSPS) is 12.1. The van der Waals surface area contributed by atoms with Crippen molar-refractivity contribution in [3.05, 3.63) is 29.8 Å². The van der Waals surface area contributed by atoms with Crippen molar-refractivity contribution in [2.24, 2.45) is 5.16 Å². The Kier molecular flexibility index (Phi) is 4.74. The van der Waals surface area contributed by atoms with E-state index in [9.17, 15) is 18.0 Å². The summed E-state index contributed by atoms with van der Waals surface area (Å²) >= 11 is 0. The number of nitrogens with zero attached hydrogens (tertiary/aromatic N) is 1. The molecular formula is C11H12F3N3O2. The number of urea groups is 1. The molecule has 2 amide bonds. The smallest absolute Gasteiger partial charge is 0.405 e. The van der Waals surface area contributed by atoms with E-state index in [0.29, 0.717) is 17.0 Å². The average molecular weight is 275 g/mol. The Bertz CT molecular complexity index is 486. The number of oxime groups is 1. The van der Waals surface area contributed by atoms with Gasteiger partial charge in [-0.05, 0) is 19.1 Å². The molecule has 0 aliphatic heterocycles. The summed E-state index contributed by atoms with van der Waals surface area (Å²) in [5.41, 5.74) is 1.15. The summed E-state index contributed by atoms with van der Waals surface area (Å²) in [6, 6.07) is 5.22. The van der Waals surface area contributed by atoms with Crippen molar-refractivity contribution >= 4 is 17.4 Å². The third kappa shape index (κ3) is 5.28. The Morgan fingerprint density at radius 3 is 2.68 bits per heavy atom. The van der Waals surface area contributed by atoms with Crippen LogP contribution in [0, 0.1) is 0 Å². The van der Waals surface area contributed by atoms with Gasteiger partial charge in [-0.2, -0.15) is 13.2 Å². The second-order valence-corrected chi connectivity index (χ2v) is 3.69. The quantitative estimate of drug-likeness (QED) is 0.450. The highest BCUT2D eigenvalue weighted by atomic mass is 19.4. The van der Waals surface area contributed by atoms with Gasteiger partial charge in [0.1, 0.15) is 6.54 Å². The number of hydrogen-bond donors (Lipinski definition) is 3. The largest absolute Gasteiger partial charge is 0.411 e. The predicted octanol–water partition coefficient (Wildman–Crippen LogP) is 2.57. The standard InChI is InChI=1S/C11H12F3N3O2/c1-7(17-19)8-3-2-4-9(5-8)16-10(18)15-6-11(12,13)14/h2-5,19H,6H2,1H3,(H2,15,16,18)/b17-7-. The molecule has 0 aromatic heterocycles. The second-order valence-electron chi connectivity index (χ2n) is 3.69. The molecule has 0 aliphatic rings. The number of alkyl halides is 3. The Morgan fingerprint density at radius 1 is 1.42 bits per heavy atom. The molecule has 0 unspecified atom stereocenters. The van der Waals surface area contributed by atoms with E-state index in [0.717, 1.165) is 0 Å². The first-order valence-corrected chi connectivity index (χ1v) is 5.22. The predicted molar refractivity (Wildman–Crippen MR) is 63.5 cm³/mol. The molecule has 0 saturated heterocycles. The number of amides is 2. The number of hydrogen-bond acceptors (Lipinski definition) is 3. The molecule has 1 rings (SSSR count). The zero-order valence-corrected chi connectivity index (χ0v) is 9.95. The Labute approximate surface area is 107 Å². The van der Waals surface area contributed by atoms with E-state index in [1.54, 1.807) is 24.4 Å². The van der Waals surface area contributed by atoms with Gasteiger partial charge in [-0.15, -0.1) is 0 Å². The monoisotopic (exact) mass is 275 g/mol. The van der Waals surface area contributed by atoms with E-state index >= 15 is 0 Å². The van der Waals surface area contributed by atoms with Crippen LogP contribution in [-0.2, 0) is 0 Å². The zero-order chi connectivity index (χ0) is 14.5. The van der Waals surface area contributed by atoms with Crippen LogP contribution in [0.3, 0.4) is 0 Å². The Balaban J connectivity index is 2.65. The van der Waals surface area contributed by atoms with E-state index in [-0.39, 0.29) is 0 Å². The second kappa shape index (κ2) is 6.07. The average Bonchev–Trinajstić information content (AvgIpc) is 2.35. The molecule has 1 aromatic carbocycles. The first kappa shape index (κ1) is 14.8. The maximum atomic E-state index is 11.9. The van der Waals surface area contributed by atoms with Crippen molar-refractivity contribution in [1.29, 1.82) is 0 Å². The first-order valence-electron chi connectivity index (χ1n) is 5.22. The van der Waals surface area contributed by atoms with Crippen molar-refractivity contribution < 1.29 is 23.2 Å². The van der Waals surface area contributed by atoms with E-state index in [1.807, 2.05) is 0 Å². The fraction of sp³-hybridized carbons (Fsp3) is 0.273. The van der Waals surface area contributed by atoms with Crippen molar-refractivity contribution in [3.63, 3.8) is 0 Å². The van der Waals surface area contributed by atoms with Crippen LogP contribution < -0.4 is 10.6 Å². The summed E-state index contributed by atoms with van der Waals surface area (Å²) in [7, 11) is 0. The number of halogens is 3. The van der Waals surface area contributed by atoms with Gasteiger partial charge in [-0.1, -0.05) is 17.3 Å². The minimum absolute atomic E-state index is 0.292. The lowest BCUT2D eigenvalue weighted by Gasteiger charge is -2.10. The van der Waals surface area contributed by atoms with Crippen LogP contribution in [-0.4, -0.2) is 29.7 Å². The van der Waals surface area contributed by atoms with Gasteiger partial charge in [0.05, 0.1) is 5.71 Å². The van der Waals surface area contributed by atoms with Crippen LogP contribution in [0.4, 0.5) is 23.7 Å². The third-order valence-corrected chi connectivity index (χ3v) is 2.14. The number of benzene rings is 1. The minimum atomic E-state index is -4.46. The van der Waals surface area contributed by atoms with Gasteiger partial charge >= 0.3 is 12.2 Å². The van der Waals surface area contributed by atoms with Crippen LogP contribution in [0.5, 0.6) is 0 Å². The van der Waals surface area contributed by atoms with Crippen molar-refractivity contribution in [3.8, 4) is 0 Å². The summed E-state index contributed by atoms with van der Waals surface area (Å²) in [6.45, 7) is 0.137. The summed E-state index contributed by atoms with van der Waals surface area (Å²) in [5.74, 6) is 0. The highest BCUT2D eigenvalue weighted by Crippen LogP contribution is 2.13. The third-order valence-electron chi connectivity index (χ3n) is 2.14. The molecule has 3 N–H and O–H groups in total. The first-order chi connectivity index (χ1) is 8.81. The van der Waals surface area contributed by atoms with Gasteiger partial charge in [-0.3, -0.25) is 0 Å². The van der Waals surface area contributed by atoms with E-state index < -0.39 is 18.8 Å². The number of nitrogens with one attached hydrogen (secondary N) is 2. The fourth-order valence-electron chi connectivity index (χ4n) is 1.24. The van der Waals surface area contributed by atoms with Gasteiger partial charge in [0.15, 0.2) is 0 Å². The molecule has 0 radical (unpaired) electrons. The minimum Gasteiger partial charge on any atom is -0.411 e. The van der Waals surface area contributed by atoms with Crippen molar-refractivity contribution in [2.75, 3.05) is 11.9 Å². The molecule has 0 aliphatic carbocycles. The topological polar surface area (TPSA) is 73.7 Å². The molecule has 0 bridgehead atoms. The van der Waals surface area contributed by atoms with Gasteiger partial charge in [0.25, 0.3) is 0 Å². The van der Waals surface area contributed by atoms with Crippen LogP contribution in [0.2, 0.25) is 0 Å². The molecule has 5 nitrogen and oxygen atoms in total. The molecule has 19 heavy (non-hydrogen) atoms. The van der Waals surface area contributed by atoms with Gasteiger partial charge in [0, 0.05) is 11.3 Å². The summed E-state index contributed by atoms with van der Waals surface area (Å²) in [5, 5.41) is 15.5. The highest BCUT2D eigenvalue weighted by Gasteiger charge is 2.27. The molecule has 0 fully saturated rings. The van der Waals surface area contributed by atoms with E-state index in [4.69, 9.17) is 5.21 Å². The van der Waals surface area contributed by atoms with Gasteiger partial charge in [-0.25, -0.2) is 4.79 Å². The molecule has 104 valence electrons. The fourth-order valence-corrected chi connectivity index (χ4v) is 1.24. The lowest BCUT2D eigenvalue weighted by atomic mass is 10.1. The van der Waals surface area contributed by atoms with Crippen LogP contribution in [0.1, 0.15) is 12.5 Å². The number of rotatable bonds is 3. The maximum absolute atomic E-state index is 11.9. The summed E-state index contributed by atoms with van der Waals surface area (Å²) in [6.07, 6.45) is -4.46. The lowest BCUT2D eigenvalue weighted by molar-refractivity contribution is -0.122. The molecule has 1 aromatic rings. The zero-order valence-electron chi connectivity index (χ0n) is 9.95. The van der Waals surface area contributed by atoms with Crippen molar-refractivity contribution in [2.45, 2.75) is 13.1 Å². The van der Waals surface area contributed by atoms with Gasteiger partial charge in [0.2, 0.25) is 0 Å². The van der Waals surface area contributed by atoms with Crippen LogP contribution >= 0.6 is 0 Å². The summed E-state index contributed by atoms with van der Waals surface area (Å²) < 4.78 is 35.7. The molecule has 0 heterocycles. The lowest BCUT2D eigenvalue weighted by Crippen LogP contribution is -2.36. The van der Waals surface area contributed by atoms with Crippen LogP contribution in [0.25, 0.3) is 0 Å². The number of carbonyl (C=O) groups excluding carboxylic acids is 1. The number of anilines is 1. The SMILES string of the molecule is C/C(=N/O)c1cccc(NC(=O)NCC(F)(F)F)c1. The Hall–Kier alpha value is -2.25. The number of carbonyl (C=O) groups is 1. The molecule has 0 atom stereocenters. The van der Waals surface area contributed by atoms with E-state index in [1.165, 1.54) is 12.1 Å². The molecular weight excluding hydrogens is 263 g/mol. The maximum Gasteiger partial charge on any atom is 0.405 e. The molecule has 0 spiro atoms.